The maximum absolute atomic E-state index is 12.4. The van der Waals surface area contributed by atoms with Crippen LogP contribution in [-0.4, -0.2) is 37.0 Å². The first-order chi connectivity index (χ1) is 13.8. The van der Waals surface area contributed by atoms with E-state index >= 15 is 0 Å². The van der Waals surface area contributed by atoms with Crippen molar-refractivity contribution >= 4 is 23.5 Å². The van der Waals surface area contributed by atoms with E-state index in [9.17, 15) is 14.4 Å². The molecule has 2 aromatic carbocycles. The second kappa shape index (κ2) is 10.3. The number of hydrogen-bond donors (Lipinski definition) is 2. The molecule has 0 aliphatic carbocycles. The third-order valence-electron chi connectivity index (χ3n) is 4.18. The summed E-state index contributed by atoms with van der Waals surface area (Å²) in [4.78, 5) is 36.6. The Labute approximate surface area is 170 Å². The second-order valence-corrected chi connectivity index (χ2v) is 6.77. The largest absolute Gasteiger partial charge is 0.495 e. The molecule has 0 saturated heterocycles. The molecule has 7 nitrogen and oxygen atoms in total. The van der Waals surface area contributed by atoms with Gasteiger partial charge in [-0.05, 0) is 50.6 Å². The molecule has 2 amide bonds. The Morgan fingerprint density at radius 3 is 2.38 bits per heavy atom. The molecule has 2 unspecified atom stereocenters. The standard InChI is InChI=1S/C22H26N2O5/c1-14-10-11-19(28-4)18(12-14)24-21(26)16(3)29-20(25)13-15(2)23-22(27)17-8-6-5-7-9-17/h5-12,15-16H,13H2,1-4H3,(H,23,27)(H,24,26). The summed E-state index contributed by atoms with van der Waals surface area (Å²) in [5.74, 6) is -0.809. The average Bonchev–Trinajstić information content (AvgIpc) is 2.68. The average molecular weight is 398 g/mol. The normalized spacial score (nSPS) is 12.4. The quantitative estimate of drug-likeness (QED) is 0.667. The Morgan fingerprint density at radius 2 is 1.72 bits per heavy atom. The zero-order valence-electron chi connectivity index (χ0n) is 17.0. The van der Waals surface area contributed by atoms with Crippen molar-refractivity contribution in [2.45, 2.75) is 39.3 Å². The van der Waals surface area contributed by atoms with E-state index in [-0.39, 0.29) is 12.3 Å². The summed E-state index contributed by atoms with van der Waals surface area (Å²) in [7, 11) is 1.51. The van der Waals surface area contributed by atoms with Crippen molar-refractivity contribution < 1.29 is 23.9 Å². The maximum Gasteiger partial charge on any atom is 0.308 e. The topological polar surface area (TPSA) is 93.7 Å². The van der Waals surface area contributed by atoms with Crippen LogP contribution in [0.2, 0.25) is 0 Å². The van der Waals surface area contributed by atoms with Gasteiger partial charge in [0.25, 0.3) is 11.8 Å². The highest BCUT2D eigenvalue weighted by atomic mass is 16.5. The molecule has 7 heteroatoms. The van der Waals surface area contributed by atoms with Crippen molar-refractivity contribution in [1.29, 1.82) is 0 Å². The van der Waals surface area contributed by atoms with Crippen LogP contribution in [0.1, 0.15) is 36.2 Å². The number of benzene rings is 2. The molecule has 29 heavy (non-hydrogen) atoms. The fraction of sp³-hybridized carbons (Fsp3) is 0.318. The molecule has 0 aliphatic rings. The maximum atomic E-state index is 12.4. The van der Waals surface area contributed by atoms with Crippen molar-refractivity contribution in [1.82, 2.24) is 5.32 Å². The van der Waals surface area contributed by atoms with Crippen LogP contribution < -0.4 is 15.4 Å². The van der Waals surface area contributed by atoms with Crippen LogP contribution in [-0.2, 0) is 14.3 Å². The zero-order valence-corrected chi connectivity index (χ0v) is 17.0. The van der Waals surface area contributed by atoms with E-state index < -0.39 is 24.0 Å². The van der Waals surface area contributed by atoms with E-state index in [1.165, 1.54) is 14.0 Å². The van der Waals surface area contributed by atoms with Gasteiger partial charge >= 0.3 is 5.97 Å². The highest BCUT2D eigenvalue weighted by Crippen LogP contribution is 2.25. The first-order valence-electron chi connectivity index (χ1n) is 9.31. The molecule has 2 aromatic rings. The van der Waals surface area contributed by atoms with Crippen molar-refractivity contribution in [2.75, 3.05) is 12.4 Å². The third-order valence-corrected chi connectivity index (χ3v) is 4.18. The number of rotatable bonds is 8. The van der Waals surface area contributed by atoms with Gasteiger partial charge in [0.15, 0.2) is 6.10 Å². The summed E-state index contributed by atoms with van der Waals surface area (Å²) >= 11 is 0. The molecule has 154 valence electrons. The summed E-state index contributed by atoms with van der Waals surface area (Å²) < 4.78 is 10.4. The highest BCUT2D eigenvalue weighted by molar-refractivity contribution is 5.96. The molecule has 0 saturated carbocycles. The van der Waals surface area contributed by atoms with Gasteiger partial charge in [-0.1, -0.05) is 24.3 Å². The number of esters is 1. The minimum absolute atomic E-state index is 0.0516. The van der Waals surface area contributed by atoms with Crippen LogP contribution in [0.4, 0.5) is 5.69 Å². The van der Waals surface area contributed by atoms with E-state index in [4.69, 9.17) is 9.47 Å². The number of methoxy groups -OCH3 is 1. The zero-order chi connectivity index (χ0) is 21.4. The molecule has 0 heterocycles. The van der Waals surface area contributed by atoms with Crippen molar-refractivity contribution in [3.63, 3.8) is 0 Å². The Hall–Kier alpha value is -3.35. The van der Waals surface area contributed by atoms with Crippen LogP contribution in [0.3, 0.4) is 0 Å². The van der Waals surface area contributed by atoms with Crippen LogP contribution in [0.5, 0.6) is 5.75 Å². The third kappa shape index (κ3) is 6.64. The monoisotopic (exact) mass is 398 g/mol. The van der Waals surface area contributed by atoms with Crippen LogP contribution in [0, 0.1) is 6.92 Å². The summed E-state index contributed by atoms with van der Waals surface area (Å²) in [6, 6.07) is 13.7. The molecule has 0 radical (unpaired) electrons. The predicted molar refractivity (Wildman–Crippen MR) is 110 cm³/mol. The molecular weight excluding hydrogens is 372 g/mol. The number of aryl methyl sites for hydroxylation is 1. The summed E-state index contributed by atoms with van der Waals surface area (Å²) in [5, 5.41) is 5.44. The molecule has 2 atom stereocenters. The van der Waals surface area contributed by atoms with Gasteiger partial charge in [-0.15, -0.1) is 0 Å². The molecular formula is C22H26N2O5. The number of amides is 2. The fourth-order valence-corrected chi connectivity index (χ4v) is 2.65. The Kier molecular flexibility index (Phi) is 7.77. The molecule has 0 aliphatic heterocycles. The molecule has 2 N–H and O–H groups in total. The van der Waals surface area contributed by atoms with Crippen LogP contribution >= 0.6 is 0 Å². The van der Waals surface area contributed by atoms with Crippen LogP contribution in [0.15, 0.2) is 48.5 Å². The Bertz CT molecular complexity index is 867. The Balaban J connectivity index is 1.85. The van der Waals surface area contributed by atoms with Gasteiger partial charge in [-0.25, -0.2) is 0 Å². The number of carbonyl (C=O) groups excluding carboxylic acids is 3. The second-order valence-electron chi connectivity index (χ2n) is 6.77. The van der Waals surface area contributed by atoms with Gasteiger partial charge in [0.2, 0.25) is 0 Å². The highest BCUT2D eigenvalue weighted by Gasteiger charge is 2.21. The fourth-order valence-electron chi connectivity index (χ4n) is 2.65. The summed E-state index contributed by atoms with van der Waals surface area (Å²) in [6.45, 7) is 5.08. The van der Waals surface area contributed by atoms with Gasteiger partial charge in [-0.3, -0.25) is 14.4 Å². The molecule has 0 fully saturated rings. The first kappa shape index (κ1) is 21.9. The number of anilines is 1. The van der Waals surface area contributed by atoms with Gasteiger partial charge in [0.1, 0.15) is 5.75 Å². The van der Waals surface area contributed by atoms with E-state index in [1.807, 2.05) is 19.1 Å². The van der Waals surface area contributed by atoms with E-state index in [0.29, 0.717) is 17.0 Å². The molecule has 0 spiro atoms. The summed E-state index contributed by atoms with van der Waals surface area (Å²) in [6.07, 6.45) is -1.05. The number of carbonyl (C=O) groups is 3. The van der Waals surface area contributed by atoms with Crippen molar-refractivity contribution in [3.8, 4) is 5.75 Å². The summed E-state index contributed by atoms with van der Waals surface area (Å²) in [5.41, 5.74) is 1.96. The van der Waals surface area contributed by atoms with Crippen molar-refractivity contribution in [2.24, 2.45) is 0 Å². The van der Waals surface area contributed by atoms with Crippen molar-refractivity contribution in [3.05, 3.63) is 59.7 Å². The van der Waals surface area contributed by atoms with Gasteiger partial charge in [0, 0.05) is 11.6 Å². The van der Waals surface area contributed by atoms with Gasteiger partial charge in [-0.2, -0.15) is 0 Å². The minimum atomic E-state index is -0.996. The number of ether oxygens (including phenoxy) is 2. The lowest BCUT2D eigenvalue weighted by molar-refractivity contribution is -0.153. The minimum Gasteiger partial charge on any atom is -0.495 e. The molecule has 0 aromatic heterocycles. The number of hydrogen-bond acceptors (Lipinski definition) is 5. The van der Waals surface area contributed by atoms with E-state index in [2.05, 4.69) is 10.6 Å². The van der Waals surface area contributed by atoms with Gasteiger partial charge in [0.05, 0.1) is 19.2 Å². The van der Waals surface area contributed by atoms with E-state index in [0.717, 1.165) is 5.56 Å². The lowest BCUT2D eigenvalue weighted by Crippen LogP contribution is -2.36. The SMILES string of the molecule is COc1ccc(C)cc1NC(=O)C(C)OC(=O)CC(C)NC(=O)c1ccccc1. The lowest BCUT2D eigenvalue weighted by Gasteiger charge is -2.17. The predicted octanol–water partition coefficient (Wildman–Crippen LogP) is 3.08. The molecule has 0 bridgehead atoms. The van der Waals surface area contributed by atoms with Gasteiger partial charge < -0.3 is 20.1 Å². The molecule has 2 rings (SSSR count). The van der Waals surface area contributed by atoms with Crippen LogP contribution in [0.25, 0.3) is 0 Å². The van der Waals surface area contributed by atoms with E-state index in [1.54, 1.807) is 43.3 Å². The Morgan fingerprint density at radius 1 is 1.03 bits per heavy atom. The lowest BCUT2D eigenvalue weighted by atomic mass is 10.2. The smallest absolute Gasteiger partial charge is 0.308 e. The number of nitrogens with one attached hydrogen (secondary N) is 2. The first-order valence-corrected chi connectivity index (χ1v) is 9.31.